The van der Waals surface area contributed by atoms with E-state index < -0.39 is 5.60 Å². The minimum atomic E-state index is -0.871. The number of anilines is 1. The number of nitrogens with one attached hydrogen (secondary N) is 1. The summed E-state index contributed by atoms with van der Waals surface area (Å²) in [5.74, 6) is 0.678. The molecule has 25 heavy (non-hydrogen) atoms. The smallest absolute Gasteiger partial charge is 0.224 e. The van der Waals surface area contributed by atoms with Gasteiger partial charge in [0, 0.05) is 12.1 Å². The molecule has 2 aromatic carbocycles. The molecule has 2 aromatic rings. The Morgan fingerprint density at radius 1 is 1.08 bits per heavy atom. The summed E-state index contributed by atoms with van der Waals surface area (Å²) in [7, 11) is 0. The SMILES string of the molecule is Cc1ccc(CCCC(=O)Nc2ccc(OCC(C)(C)O)cc2)cc1. The van der Waals surface area contributed by atoms with Gasteiger partial charge in [-0.2, -0.15) is 0 Å². The Balaban J connectivity index is 1.73. The highest BCUT2D eigenvalue weighted by Gasteiger charge is 2.13. The van der Waals surface area contributed by atoms with Crippen molar-refractivity contribution < 1.29 is 14.6 Å². The minimum absolute atomic E-state index is 0.0114. The highest BCUT2D eigenvalue weighted by atomic mass is 16.5. The van der Waals surface area contributed by atoms with Crippen LogP contribution in [0.1, 0.15) is 37.8 Å². The summed E-state index contributed by atoms with van der Waals surface area (Å²) in [6.07, 6.45) is 2.21. The van der Waals surface area contributed by atoms with Crippen molar-refractivity contribution in [3.63, 3.8) is 0 Å². The van der Waals surface area contributed by atoms with Gasteiger partial charge in [0.15, 0.2) is 0 Å². The third-order valence-electron chi connectivity index (χ3n) is 3.72. The van der Waals surface area contributed by atoms with Crippen LogP contribution in [0.2, 0.25) is 0 Å². The minimum Gasteiger partial charge on any atom is -0.491 e. The molecule has 2 N–H and O–H groups in total. The summed E-state index contributed by atoms with van der Waals surface area (Å²) in [4.78, 5) is 12.0. The Hall–Kier alpha value is -2.33. The van der Waals surface area contributed by atoms with E-state index in [0.29, 0.717) is 12.2 Å². The fourth-order valence-corrected chi connectivity index (χ4v) is 2.33. The predicted octanol–water partition coefficient (Wildman–Crippen LogP) is 4.11. The second-order valence-corrected chi connectivity index (χ2v) is 7.01. The van der Waals surface area contributed by atoms with Crippen molar-refractivity contribution in [2.75, 3.05) is 11.9 Å². The van der Waals surface area contributed by atoms with E-state index in [-0.39, 0.29) is 12.5 Å². The quantitative estimate of drug-likeness (QED) is 0.760. The van der Waals surface area contributed by atoms with E-state index >= 15 is 0 Å². The molecule has 0 heterocycles. The summed E-state index contributed by atoms with van der Waals surface area (Å²) in [5, 5.41) is 12.5. The first-order chi connectivity index (χ1) is 11.8. The van der Waals surface area contributed by atoms with E-state index in [1.807, 2.05) is 0 Å². The number of benzene rings is 2. The maximum atomic E-state index is 12.0. The molecule has 0 fully saturated rings. The van der Waals surface area contributed by atoms with Gasteiger partial charge < -0.3 is 15.2 Å². The van der Waals surface area contributed by atoms with Gasteiger partial charge in [0.1, 0.15) is 12.4 Å². The molecule has 0 radical (unpaired) electrons. The zero-order chi connectivity index (χ0) is 18.3. The topological polar surface area (TPSA) is 58.6 Å². The Bertz CT molecular complexity index is 670. The molecule has 2 rings (SSSR count). The molecule has 4 heteroatoms. The van der Waals surface area contributed by atoms with Gasteiger partial charge in [-0.05, 0) is 63.4 Å². The van der Waals surface area contributed by atoms with Crippen LogP contribution in [-0.4, -0.2) is 23.2 Å². The zero-order valence-electron chi connectivity index (χ0n) is 15.2. The standard InChI is InChI=1S/C21H27NO3/c1-16-7-9-17(10-8-16)5-4-6-20(23)22-18-11-13-19(14-12-18)25-15-21(2,3)24/h7-14,24H,4-6,15H2,1-3H3,(H,22,23). The average Bonchev–Trinajstić information content (AvgIpc) is 2.55. The molecular formula is C21H27NO3. The normalized spacial score (nSPS) is 11.2. The second kappa shape index (κ2) is 8.67. The van der Waals surface area contributed by atoms with Crippen LogP contribution in [0, 0.1) is 6.92 Å². The molecule has 1 amide bonds. The number of ether oxygens (including phenoxy) is 1. The fraction of sp³-hybridized carbons (Fsp3) is 0.381. The summed E-state index contributed by atoms with van der Waals surface area (Å²) in [6, 6.07) is 15.6. The number of aliphatic hydroxyl groups is 1. The van der Waals surface area contributed by atoms with Gasteiger partial charge in [-0.3, -0.25) is 4.79 Å². The van der Waals surface area contributed by atoms with Gasteiger partial charge in [0.25, 0.3) is 0 Å². The van der Waals surface area contributed by atoms with Gasteiger partial charge in [-0.1, -0.05) is 29.8 Å². The van der Waals surface area contributed by atoms with Gasteiger partial charge >= 0.3 is 0 Å². The van der Waals surface area contributed by atoms with Crippen molar-refractivity contribution in [2.45, 2.75) is 45.6 Å². The monoisotopic (exact) mass is 341 g/mol. The lowest BCUT2D eigenvalue weighted by molar-refractivity contribution is -0.116. The Labute approximate surface area is 149 Å². The first-order valence-corrected chi connectivity index (χ1v) is 8.62. The fourth-order valence-electron chi connectivity index (χ4n) is 2.33. The lowest BCUT2D eigenvalue weighted by atomic mass is 10.1. The number of aryl methyl sites for hydroxylation is 2. The Morgan fingerprint density at radius 3 is 2.32 bits per heavy atom. The summed E-state index contributed by atoms with van der Waals surface area (Å²) in [6.45, 7) is 5.67. The van der Waals surface area contributed by atoms with Crippen molar-refractivity contribution in [3.8, 4) is 5.75 Å². The maximum Gasteiger partial charge on any atom is 0.224 e. The average molecular weight is 341 g/mol. The largest absolute Gasteiger partial charge is 0.491 e. The van der Waals surface area contributed by atoms with E-state index in [2.05, 4.69) is 36.5 Å². The molecule has 134 valence electrons. The van der Waals surface area contributed by atoms with Crippen LogP contribution in [0.25, 0.3) is 0 Å². The lowest BCUT2D eigenvalue weighted by Gasteiger charge is -2.17. The molecule has 0 aromatic heterocycles. The number of rotatable bonds is 8. The molecule has 0 unspecified atom stereocenters. The Morgan fingerprint density at radius 2 is 1.72 bits per heavy atom. The first-order valence-electron chi connectivity index (χ1n) is 8.62. The van der Waals surface area contributed by atoms with Gasteiger partial charge in [0.2, 0.25) is 5.91 Å². The highest BCUT2D eigenvalue weighted by molar-refractivity contribution is 5.90. The third-order valence-corrected chi connectivity index (χ3v) is 3.72. The van der Waals surface area contributed by atoms with Crippen molar-refractivity contribution in [1.29, 1.82) is 0 Å². The van der Waals surface area contributed by atoms with Crippen LogP contribution in [0.3, 0.4) is 0 Å². The van der Waals surface area contributed by atoms with Crippen molar-refractivity contribution in [1.82, 2.24) is 0 Å². The van der Waals surface area contributed by atoms with E-state index in [1.54, 1.807) is 38.1 Å². The Kier molecular flexibility index (Phi) is 6.59. The van der Waals surface area contributed by atoms with Crippen LogP contribution in [0.5, 0.6) is 5.75 Å². The molecule has 0 aliphatic heterocycles. The maximum absolute atomic E-state index is 12.0. The molecule has 0 saturated carbocycles. The molecule has 0 aliphatic rings. The van der Waals surface area contributed by atoms with Crippen LogP contribution < -0.4 is 10.1 Å². The van der Waals surface area contributed by atoms with E-state index in [1.165, 1.54) is 11.1 Å². The van der Waals surface area contributed by atoms with Crippen LogP contribution in [-0.2, 0) is 11.2 Å². The van der Waals surface area contributed by atoms with Crippen molar-refractivity contribution in [3.05, 3.63) is 59.7 Å². The van der Waals surface area contributed by atoms with Crippen LogP contribution in [0.15, 0.2) is 48.5 Å². The highest BCUT2D eigenvalue weighted by Crippen LogP contribution is 2.17. The number of carbonyl (C=O) groups is 1. The predicted molar refractivity (Wildman–Crippen MR) is 101 cm³/mol. The second-order valence-electron chi connectivity index (χ2n) is 7.01. The first kappa shape index (κ1) is 19.0. The molecule has 0 atom stereocenters. The molecule has 0 aliphatic carbocycles. The summed E-state index contributed by atoms with van der Waals surface area (Å²) in [5.41, 5.74) is 2.38. The molecule has 0 bridgehead atoms. The third kappa shape index (κ3) is 7.40. The van der Waals surface area contributed by atoms with E-state index in [9.17, 15) is 9.90 Å². The summed E-state index contributed by atoms with van der Waals surface area (Å²) >= 11 is 0. The van der Waals surface area contributed by atoms with Gasteiger partial charge in [0.05, 0.1) is 5.60 Å². The van der Waals surface area contributed by atoms with Crippen molar-refractivity contribution in [2.24, 2.45) is 0 Å². The van der Waals surface area contributed by atoms with Crippen LogP contribution in [0.4, 0.5) is 5.69 Å². The molecule has 4 nitrogen and oxygen atoms in total. The van der Waals surface area contributed by atoms with Crippen molar-refractivity contribution >= 4 is 11.6 Å². The molecule has 0 spiro atoms. The zero-order valence-corrected chi connectivity index (χ0v) is 15.2. The van der Waals surface area contributed by atoms with Gasteiger partial charge in [-0.15, -0.1) is 0 Å². The van der Waals surface area contributed by atoms with Crippen LogP contribution >= 0.6 is 0 Å². The number of hydrogen-bond acceptors (Lipinski definition) is 3. The molecule has 0 saturated heterocycles. The van der Waals surface area contributed by atoms with E-state index in [0.717, 1.165) is 18.5 Å². The number of carbonyl (C=O) groups excluding carboxylic acids is 1. The molecular weight excluding hydrogens is 314 g/mol. The van der Waals surface area contributed by atoms with Gasteiger partial charge in [-0.25, -0.2) is 0 Å². The number of hydrogen-bond donors (Lipinski definition) is 2. The summed E-state index contributed by atoms with van der Waals surface area (Å²) < 4.78 is 5.49. The van der Waals surface area contributed by atoms with E-state index in [4.69, 9.17) is 4.74 Å². The lowest BCUT2D eigenvalue weighted by Crippen LogP contribution is -2.27. The number of amides is 1.